The van der Waals surface area contributed by atoms with Crippen molar-refractivity contribution in [2.75, 3.05) is 39.1 Å². The zero-order valence-corrected chi connectivity index (χ0v) is 12.8. The van der Waals surface area contributed by atoms with Crippen LogP contribution in [0.15, 0.2) is 6.20 Å². The van der Waals surface area contributed by atoms with Gasteiger partial charge < -0.3 is 19.7 Å². The third kappa shape index (κ3) is 3.28. The predicted molar refractivity (Wildman–Crippen MR) is 79.4 cm³/mol. The van der Waals surface area contributed by atoms with Gasteiger partial charge in [-0.1, -0.05) is 6.92 Å². The molecule has 0 bridgehead atoms. The van der Waals surface area contributed by atoms with Crippen molar-refractivity contribution in [1.82, 2.24) is 19.8 Å². The number of likely N-dealkylation sites (tertiary alicyclic amines) is 1. The molecule has 19 heavy (non-hydrogen) atoms. The Morgan fingerprint density at radius 2 is 2.16 bits per heavy atom. The number of nitrogens with zero attached hydrogens (tertiary/aromatic N) is 4. The van der Waals surface area contributed by atoms with Crippen LogP contribution in [0, 0.1) is 5.92 Å². The van der Waals surface area contributed by atoms with E-state index in [1.807, 2.05) is 25.2 Å². The van der Waals surface area contributed by atoms with Crippen LogP contribution in [0.4, 0.5) is 5.95 Å². The van der Waals surface area contributed by atoms with Crippen molar-refractivity contribution >= 4 is 5.95 Å². The fourth-order valence-corrected chi connectivity index (χ4v) is 2.91. The highest BCUT2D eigenvalue weighted by atomic mass is 15.3. The second-order valence-corrected chi connectivity index (χ2v) is 6.02. The summed E-state index contributed by atoms with van der Waals surface area (Å²) in [5.41, 5.74) is 1.25. The molecule has 2 atom stereocenters. The maximum atomic E-state index is 4.45. The lowest BCUT2D eigenvalue weighted by molar-refractivity contribution is 0.174. The van der Waals surface area contributed by atoms with Crippen LogP contribution in [0.3, 0.4) is 0 Å². The molecule has 2 heterocycles. The molecule has 0 radical (unpaired) electrons. The zero-order chi connectivity index (χ0) is 14.0. The highest BCUT2D eigenvalue weighted by Crippen LogP contribution is 2.17. The molecular weight excluding hydrogens is 238 g/mol. The number of nitrogens with one attached hydrogen (secondary N) is 1. The standard InChI is InChI=1S/C14H27N5/c1-11-10-18(4)7-6-13(11)15-8-12-9-16-14(17(2)3)19(12)5/h9,11,13,15H,6-8,10H2,1-5H3. The van der Waals surface area contributed by atoms with Crippen molar-refractivity contribution in [3.05, 3.63) is 11.9 Å². The zero-order valence-electron chi connectivity index (χ0n) is 12.8. The first-order valence-corrected chi connectivity index (χ1v) is 7.09. The topological polar surface area (TPSA) is 36.3 Å². The number of imidazole rings is 1. The molecule has 1 saturated heterocycles. The van der Waals surface area contributed by atoms with Crippen LogP contribution in [0.1, 0.15) is 19.0 Å². The molecular formula is C14H27N5. The summed E-state index contributed by atoms with van der Waals surface area (Å²) in [5.74, 6) is 1.72. The third-order valence-corrected chi connectivity index (χ3v) is 4.11. The molecule has 108 valence electrons. The minimum absolute atomic E-state index is 0.619. The summed E-state index contributed by atoms with van der Waals surface area (Å²) in [7, 11) is 8.34. The number of anilines is 1. The molecule has 1 aliphatic heterocycles. The molecule has 0 saturated carbocycles. The van der Waals surface area contributed by atoms with Gasteiger partial charge >= 0.3 is 0 Å². The molecule has 0 spiro atoms. The van der Waals surface area contributed by atoms with Crippen LogP contribution >= 0.6 is 0 Å². The summed E-state index contributed by atoms with van der Waals surface area (Å²) < 4.78 is 2.16. The first-order chi connectivity index (χ1) is 8.99. The van der Waals surface area contributed by atoms with E-state index in [1.54, 1.807) is 0 Å². The van der Waals surface area contributed by atoms with Crippen LogP contribution in [-0.4, -0.2) is 54.7 Å². The van der Waals surface area contributed by atoms with Crippen molar-refractivity contribution in [3.8, 4) is 0 Å². The van der Waals surface area contributed by atoms with Gasteiger partial charge in [0.15, 0.2) is 0 Å². The summed E-state index contributed by atoms with van der Waals surface area (Å²) in [6, 6.07) is 0.619. The van der Waals surface area contributed by atoms with Gasteiger partial charge in [-0.25, -0.2) is 4.98 Å². The van der Waals surface area contributed by atoms with Gasteiger partial charge in [0.05, 0.1) is 11.9 Å². The maximum absolute atomic E-state index is 4.45. The first kappa shape index (κ1) is 14.3. The van der Waals surface area contributed by atoms with Crippen molar-refractivity contribution in [1.29, 1.82) is 0 Å². The quantitative estimate of drug-likeness (QED) is 0.878. The minimum atomic E-state index is 0.619. The second kappa shape index (κ2) is 5.92. The van der Waals surface area contributed by atoms with E-state index in [0.29, 0.717) is 12.0 Å². The van der Waals surface area contributed by atoms with Crippen molar-refractivity contribution in [3.63, 3.8) is 0 Å². The molecule has 0 amide bonds. The van der Waals surface area contributed by atoms with E-state index in [9.17, 15) is 0 Å². The van der Waals surface area contributed by atoms with Gasteiger partial charge in [0.25, 0.3) is 0 Å². The van der Waals surface area contributed by atoms with Gasteiger partial charge in [-0.15, -0.1) is 0 Å². The number of aromatic nitrogens is 2. The molecule has 1 fully saturated rings. The Kier molecular flexibility index (Phi) is 4.47. The van der Waals surface area contributed by atoms with Gasteiger partial charge in [0, 0.05) is 40.3 Å². The Morgan fingerprint density at radius 3 is 2.74 bits per heavy atom. The highest BCUT2D eigenvalue weighted by Gasteiger charge is 2.23. The van der Waals surface area contributed by atoms with Crippen LogP contribution in [0.5, 0.6) is 0 Å². The molecule has 1 N–H and O–H groups in total. The normalized spacial score (nSPS) is 24.7. The molecule has 2 rings (SSSR count). The summed E-state index contributed by atoms with van der Waals surface area (Å²) in [6.07, 6.45) is 3.21. The van der Waals surface area contributed by atoms with Crippen LogP contribution in [-0.2, 0) is 13.6 Å². The van der Waals surface area contributed by atoms with Crippen LogP contribution < -0.4 is 10.2 Å². The second-order valence-electron chi connectivity index (χ2n) is 6.02. The van der Waals surface area contributed by atoms with Crippen LogP contribution in [0.2, 0.25) is 0 Å². The number of hydrogen-bond donors (Lipinski definition) is 1. The smallest absolute Gasteiger partial charge is 0.204 e. The lowest BCUT2D eigenvalue weighted by Crippen LogP contribution is -2.46. The molecule has 2 unspecified atom stereocenters. The van der Waals surface area contributed by atoms with E-state index in [4.69, 9.17) is 0 Å². The average Bonchev–Trinajstić information content (AvgIpc) is 2.70. The summed E-state index contributed by atoms with van der Waals surface area (Å²) >= 11 is 0. The van der Waals surface area contributed by atoms with Crippen molar-refractivity contribution in [2.45, 2.75) is 25.9 Å². The highest BCUT2D eigenvalue weighted by molar-refractivity contribution is 5.30. The van der Waals surface area contributed by atoms with E-state index in [-0.39, 0.29) is 0 Å². The largest absolute Gasteiger partial charge is 0.348 e. The summed E-state index contributed by atoms with van der Waals surface area (Å²) in [4.78, 5) is 8.91. The minimum Gasteiger partial charge on any atom is -0.348 e. The Labute approximate surface area is 116 Å². The average molecular weight is 265 g/mol. The van der Waals surface area contributed by atoms with Crippen molar-refractivity contribution in [2.24, 2.45) is 13.0 Å². The predicted octanol–water partition coefficient (Wildman–Crippen LogP) is 0.916. The summed E-state index contributed by atoms with van der Waals surface area (Å²) in [6.45, 7) is 5.61. The molecule has 0 aromatic carbocycles. The van der Waals surface area contributed by atoms with E-state index in [2.05, 4.69) is 40.8 Å². The van der Waals surface area contributed by atoms with E-state index >= 15 is 0 Å². The van der Waals surface area contributed by atoms with Gasteiger partial charge in [-0.2, -0.15) is 0 Å². The van der Waals surface area contributed by atoms with Gasteiger partial charge in [0.1, 0.15) is 0 Å². The van der Waals surface area contributed by atoms with E-state index in [0.717, 1.165) is 12.5 Å². The number of piperidine rings is 1. The number of hydrogen-bond acceptors (Lipinski definition) is 4. The Bertz CT molecular complexity index is 412. The molecule has 5 heteroatoms. The fourth-order valence-electron chi connectivity index (χ4n) is 2.91. The molecule has 0 aliphatic carbocycles. The van der Waals surface area contributed by atoms with Crippen LogP contribution in [0.25, 0.3) is 0 Å². The maximum Gasteiger partial charge on any atom is 0.204 e. The molecule has 1 aromatic rings. The first-order valence-electron chi connectivity index (χ1n) is 7.09. The monoisotopic (exact) mass is 265 g/mol. The molecule has 5 nitrogen and oxygen atoms in total. The fraction of sp³-hybridized carbons (Fsp3) is 0.786. The van der Waals surface area contributed by atoms with Gasteiger partial charge in [-0.3, -0.25) is 0 Å². The van der Waals surface area contributed by atoms with E-state index < -0.39 is 0 Å². The third-order valence-electron chi connectivity index (χ3n) is 4.11. The lowest BCUT2D eigenvalue weighted by Gasteiger charge is -2.35. The SMILES string of the molecule is CC1CN(C)CCC1NCc1cnc(N(C)C)n1C. The Hall–Kier alpha value is -1.07. The Morgan fingerprint density at radius 1 is 1.42 bits per heavy atom. The van der Waals surface area contributed by atoms with Gasteiger partial charge in [-0.05, 0) is 25.9 Å². The Balaban J connectivity index is 1.92. The summed E-state index contributed by atoms with van der Waals surface area (Å²) in [5, 5.41) is 3.70. The number of rotatable bonds is 4. The van der Waals surface area contributed by atoms with Crippen molar-refractivity contribution < 1.29 is 0 Å². The lowest BCUT2D eigenvalue weighted by atomic mass is 9.94. The molecule has 1 aromatic heterocycles. The molecule has 1 aliphatic rings. The van der Waals surface area contributed by atoms with Gasteiger partial charge in [0.2, 0.25) is 5.95 Å². The van der Waals surface area contributed by atoms with E-state index in [1.165, 1.54) is 25.2 Å².